The summed E-state index contributed by atoms with van der Waals surface area (Å²) in [5.41, 5.74) is 1.78. The zero-order chi connectivity index (χ0) is 24.2. The summed E-state index contributed by atoms with van der Waals surface area (Å²) in [5.74, 6) is -1.42. The van der Waals surface area contributed by atoms with Crippen LogP contribution in [0.1, 0.15) is 29.7 Å². The van der Waals surface area contributed by atoms with Crippen LogP contribution in [0.15, 0.2) is 48.0 Å². The maximum atomic E-state index is 13.6. The number of rotatable bonds is 7. The Bertz CT molecular complexity index is 1090. The summed E-state index contributed by atoms with van der Waals surface area (Å²) in [7, 11) is 0. The lowest BCUT2D eigenvalue weighted by Crippen LogP contribution is -2.42. The number of nitrogens with zero attached hydrogens (tertiary/aromatic N) is 2. The highest BCUT2D eigenvalue weighted by Gasteiger charge is 2.46. The predicted molar refractivity (Wildman–Crippen MR) is 125 cm³/mol. The molecule has 2 aromatic carbocycles. The van der Waals surface area contributed by atoms with Gasteiger partial charge in [-0.2, -0.15) is 0 Å². The third-order valence-corrected chi connectivity index (χ3v) is 6.23. The fraction of sp³-hybridized carbons (Fsp3) is 0.385. The monoisotopic (exact) mass is 468 g/mol. The van der Waals surface area contributed by atoms with Gasteiger partial charge >= 0.3 is 0 Å². The number of carbonyl (C=O) groups is 2. The van der Waals surface area contributed by atoms with Crippen molar-refractivity contribution in [2.75, 3.05) is 46.0 Å². The van der Waals surface area contributed by atoms with Gasteiger partial charge in [-0.1, -0.05) is 12.1 Å². The van der Waals surface area contributed by atoms with Gasteiger partial charge in [0.2, 0.25) is 0 Å². The first kappa shape index (κ1) is 23.9. The van der Waals surface area contributed by atoms with Crippen LogP contribution in [0.3, 0.4) is 0 Å². The summed E-state index contributed by atoms with van der Waals surface area (Å²) >= 11 is 0. The van der Waals surface area contributed by atoms with Crippen LogP contribution in [0.25, 0.3) is 5.76 Å². The third-order valence-electron chi connectivity index (χ3n) is 6.23. The number of amides is 1. The zero-order valence-electron chi connectivity index (χ0n) is 19.4. The zero-order valence-corrected chi connectivity index (χ0v) is 19.4. The van der Waals surface area contributed by atoms with Crippen LogP contribution in [0.2, 0.25) is 0 Å². The molecule has 1 amide bonds. The van der Waals surface area contributed by atoms with Gasteiger partial charge in [0.05, 0.1) is 31.4 Å². The van der Waals surface area contributed by atoms with Crippen molar-refractivity contribution >= 4 is 17.4 Å². The van der Waals surface area contributed by atoms with Gasteiger partial charge in [0.25, 0.3) is 11.7 Å². The van der Waals surface area contributed by atoms with Crippen LogP contribution < -0.4 is 4.74 Å². The van der Waals surface area contributed by atoms with Crippen molar-refractivity contribution in [1.82, 2.24) is 9.80 Å². The molecule has 0 bridgehead atoms. The maximum Gasteiger partial charge on any atom is 0.295 e. The van der Waals surface area contributed by atoms with E-state index in [4.69, 9.17) is 9.47 Å². The number of Topliss-reactive ketones (excluding diaryl/α,β-unsaturated/α-hetero) is 1. The molecule has 0 radical (unpaired) electrons. The third kappa shape index (κ3) is 4.83. The molecule has 2 aliphatic rings. The molecule has 2 heterocycles. The molecule has 2 fully saturated rings. The molecule has 1 unspecified atom stereocenters. The molecule has 180 valence electrons. The van der Waals surface area contributed by atoms with Crippen LogP contribution in [-0.2, 0) is 14.3 Å². The van der Waals surface area contributed by atoms with Crippen LogP contribution in [0.5, 0.6) is 5.75 Å². The van der Waals surface area contributed by atoms with Crippen LogP contribution in [0, 0.1) is 12.7 Å². The molecular weight excluding hydrogens is 439 g/mol. The first-order valence-electron chi connectivity index (χ1n) is 11.5. The molecule has 0 aromatic heterocycles. The van der Waals surface area contributed by atoms with Crippen LogP contribution >= 0.6 is 0 Å². The number of benzene rings is 2. The van der Waals surface area contributed by atoms with Gasteiger partial charge in [0, 0.05) is 31.7 Å². The molecule has 8 heteroatoms. The number of ether oxygens (including phenoxy) is 2. The van der Waals surface area contributed by atoms with Gasteiger partial charge in [-0.05, 0) is 55.3 Å². The van der Waals surface area contributed by atoms with Gasteiger partial charge in [0.15, 0.2) is 0 Å². The summed E-state index contributed by atoms with van der Waals surface area (Å²) in [6.45, 7) is 7.84. The number of likely N-dealkylation sites (tertiary alicyclic amines) is 1. The molecule has 2 aliphatic heterocycles. The molecule has 0 saturated carbocycles. The molecule has 2 saturated heterocycles. The van der Waals surface area contributed by atoms with Crippen molar-refractivity contribution in [2.24, 2.45) is 0 Å². The van der Waals surface area contributed by atoms with Crippen molar-refractivity contribution in [3.05, 3.63) is 70.5 Å². The van der Waals surface area contributed by atoms with Gasteiger partial charge < -0.3 is 19.5 Å². The average Bonchev–Trinajstić information content (AvgIpc) is 3.09. The highest BCUT2D eigenvalue weighted by Crippen LogP contribution is 2.39. The van der Waals surface area contributed by atoms with E-state index < -0.39 is 23.5 Å². The molecule has 0 aliphatic carbocycles. The SMILES string of the molecule is CCOc1ccc(/C(O)=C2/C(=O)C(=O)N(CCN3CCOCC3)C2c2ccc(F)cc2)cc1C. The topological polar surface area (TPSA) is 79.3 Å². The Morgan fingerprint density at radius 3 is 2.47 bits per heavy atom. The fourth-order valence-electron chi connectivity index (χ4n) is 4.45. The number of morpholine rings is 1. The van der Waals surface area contributed by atoms with Gasteiger partial charge in [-0.25, -0.2) is 4.39 Å². The Balaban J connectivity index is 1.73. The number of aliphatic hydroxyl groups excluding tert-OH is 1. The molecule has 1 N–H and O–H groups in total. The number of carbonyl (C=O) groups excluding carboxylic acids is 2. The fourth-order valence-corrected chi connectivity index (χ4v) is 4.45. The lowest BCUT2D eigenvalue weighted by atomic mass is 9.94. The van der Waals surface area contributed by atoms with Crippen molar-refractivity contribution < 1.29 is 28.6 Å². The van der Waals surface area contributed by atoms with E-state index in [0.717, 1.165) is 18.7 Å². The second kappa shape index (κ2) is 10.4. The van der Waals surface area contributed by atoms with E-state index >= 15 is 0 Å². The van der Waals surface area contributed by atoms with E-state index in [1.165, 1.54) is 17.0 Å². The Kier molecular flexibility index (Phi) is 7.29. The molecular formula is C26H29FN2O5. The van der Waals surface area contributed by atoms with E-state index in [0.29, 0.717) is 49.8 Å². The highest BCUT2D eigenvalue weighted by atomic mass is 19.1. The largest absolute Gasteiger partial charge is 0.507 e. The number of halogens is 1. The predicted octanol–water partition coefficient (Wildman–Crippen LogP) is 3.29. The molecule has 0 spiro atoms. The second-order valence-electron chi connectivity index (χ2n) is 8.41. The Morgan fingerprint density at radius 2 is 1.82 bits per heavy atom. The van der Waals surface area contributed by atoms with E-state index in [1.54, 1.807) is 30.3 Å². The molecule has 7 nitrogen and oxygen atoms in total. The lowest BCUT2D eigenvalue weighted by Gasteiger charge is -2.31. The smallest absolute Gasteiger partial charge is 0.295 e. The Morgan fingerprint density at radius 1 is 1.12 bits per heavy atom. The molecule has 2 aromatic rings. The molecule has 1 atom stereocenters. The summed E-state index contributed by atoms with van der Waals surface area (Å²) in [6, 6.07) is 9.98. The van der Waals surface area contributed by atoms with E-state index in [-0.39, 0.29) is 11.3 Å². The van der Waals surface area contributed by atoms with Gasteiger partial charge in [-0.15, -0.1) is 0 Å². The Hall–Kier alpha value is -3.23. The van der Waals surface area contributed by atoms with Crippen molar-refractivity contribution in [3.8, 4) is 5.75 Å². The number of hydrogen-bond donors (Lipinski definition) is 1. The number of ketones is 1. The minimum atomic E-state index is -0.812. The van der Waals surface area contributed by atoms with Crippen molar-refractivity contribution in [1.29, 1.82) is 0 Å². The van der Waals surface area contributed by atoms with Gasteiger partial charge in [-0.3, -0.25) is 14.5 Å². The summed E-state index contributed by atoms with van der Waals surface area (Å²) in [5, 5.41) is 11.2. The normalized spacial score (nSPS) is 20.7. The van der Waals surface area contributed by atoms with Crippen LogP contribution in [-0.4, -0.2) is 72.6 Å². The first-order chi connectivity index (χ1) is 16.4. The number of aryl methyl sites for hydroxylation is 1. The van der Waals surface area contributed by atoms with Crippen molar-refractivity contribution in [3.63, 3.8) is 0 Å². The minimum Gasteiger partial charge on any atom is -0.507 e. The highest BCUT2D eigenvalue weighted by molar-refractivity contribution is 6.46. The number of hydrogen-bond acceptors (Lipinski definition) is 6. The quantitative estimate of drug-likeness (QED) is 0.382. The number of aliphatic hydroxyl groups is 1. The average molecular weight is 469 g/mol. The molecule has 4 rings (SSSR count). The van der Waals surface area contributed by atoms with Gasteiger partial charge in [0.1, 0.15) is 17.3 Å². The lowest BCUT2D eigenvalue weighted by molar-refractivity contribution is -0.140. The Labute approximate surface area is 198 Å². The van der Waals surface area contributed by atoms with E-state index in [9.17, 15) is 19.1 Å². The minimum absolute atomic E-state index is 0.00199. The second-order valence-corrected chi connectivity index (χ2v) is 8.41. The maximum absolute atomic E-state index is 13.6. The van der Waals surface area contributed by atoms with Crippen molar-refractivity contribution in [2.45, 2.75) is 19.9 Å². The summed E-state index contributed by atoms with van der Waals surface area (Å²) in [4.78, 5) is 29.9. The first-order valence-corrected chi connectivity index (χ1v) is 11.5. The summed E-state index contributed by atoms with van der Waals surface area (Å²) < 4.78 is 24.6. The van der Waals surface area contributed by atoms with E-state index in [1.807, 2.05) is 13.8 Å². The molecule has 34 heavy (non-hydrogen) atoms. The standard InChI is InChI=1S/C26H29FN2O5/c1-3-34-21-9-6-19(16-17(21)2)24(30)22-23(18-4-7-20(27)8-5-18)29(26(32)25(22)31)11-10-28-12-14-33-15-13-28/h4-9,16,23,30H,3,10-15H2,1-2H3/b24-22-. The van der Waals surface area contributed by atoms with Crippen LogP contribution in [0.4, 0.5) is 4.39 Å². The van der Waals surface area contributed by atoms with E-state index in [2.05, 4.69) is 4.90 Å². The summed E-state index contributed by atoms with van der Waals surface area (Å²) in [6.07, 6.45) is 0.